The number of nitrogens with one attached hydrogen (secondary N) is 1. The number of nitrogens with zero attached hydrogens (tertiary/aromatic N) is 2. The van der Waals surface area contributed by atoms with Crippen LogP contribution in [0.5, 0.6) is 0 Å². The second-order valence-electron chi connectivity index (χ2n) is 5.22. The first-order chi connectivity index (χ1) is 9.31. The molecule has 0 fully saturated rings. The lowest BCUT2D eigenvalue weighted by Crippen LogP contribution is -2.29. The van der Waals surface area contributed by atoms with Crippen LogP contribution in [0, 0.1) is 5.92 Å². The minimum atomic E-state index is -0.852. The summed E-state index contributed by atoms with van der Waals surface area (Å²) >= 11 is 0. The molecule has 1 unspecified atom stereocenters. The molecular formula is C14H21N3O3. The third-order valence-corrected chi connectivity index (χ3v) is 2.94. The quantitative estimate of drug-likeness (QED) is 0.828. The van der Waals surface area contributed by atoms with Crippen LogP contribution in [0.2, 0.25) is 0 Å². The van der Waals surface area contributed by atoms with E-state index in [0.717, 1.165) is 0 Å². The number of aliphatic carboxylic acids is 1. The number of hydrogen-bond acceptors (Lipinski definition) is 4. The number of aromatic nitrogens is 1. The van der Waals surface area contributed by atoms with Crippen molar-refractivity contribution in [3.63, 3.8) is 0 Å². The molecule has 0 spiro atoms. The van der Waals surface area contributed by atoms with Crippen molar-refractivity contribution >= 4 is 17.6 Å². The number of carbonyl (C=O) groups is 2. The summed E-state index contributed by atoms with van der Waals surface area (Å²) in [5, 5.41) is 12.1. The summed E-state index contributed by atoms with van der Waals surface area (Å²) in [7, 11) is 3.32. The van der Waals surface area contributed by atoms with Gasteiger partial charge in [-0.3, -0.25) is 14.6 Å². The topological polar surface area (TPSA) is 82.5 Å². The number of amides is 1. The molecule has 1 rings (SSSR count). The zero-order valence-electron chi connectivity index (χ0n) is 12.3. The normalized spacial score (nSPS) is 12.1. The maximum absolute atomic E-state index is 11.8. The summed E-state index contributed by atoms with van der Waals surface area (Å²) in [6, 6.07) is 3.17. The van der Waals surface area contributed by atoms with Crippen LogP contribution in [0.3, 0.4) is 0 Å². The van der Waals surface area contributed by atoms with Gasteiger partial charge in [0, 0.05) is 32.0 Å². The van der Waals surface area contributed by atoms with Crippen LogP contribution in [0.15, 0.2) is 18.3 Å². The van der Waals surface area contributed by atoms with E-state index in [-0.39, 0.29) is 24.3 Å². The van der Waals surface area contributed by atoms with E-state index in [1.807, 2.05) is 13.8 Å². The fourth-order valence-electron chi connectivity index (χ4n) is 1.72. The van der Waals surface area contributed by atoms with Crippen LogP contribution in [-0.4, -0.2) is 47.0 Å². The van der Waals surface area contributed by atoms with E-state index in [0.29, 0.717) is 11.4 Å². The van der Waals surface area contributed by atoms with Crippen molar-refractivity contribution in [1.82, 2.24) is 9.88 Å². The Morgan fingerprint density at radius 2 is 2.05 bits per heavy atom. The van der Waals surface area contributed by atoms with Gasteiger partial charge in [0.2, 0.25) is 0 Å². The van der Waals surface area contributed by atoms with Gasteiger partial charge in [-0.05, 0) is 18.1 Å². The molecular weight excluding hydrogens is 258 g/mol. The molecule has 20 heavy (non-hydrogen) atoms. The summed E-state index contributed by atoms with van der Waals surface area (Å²) in [4.78, 5) is 28.2. The van der Waals surface area contributed by atoms with Crippen molar-refractivity contribution in [3.8, 4) is 0 Å². The number of carbonyl (C=O) groups excluding carboxylic acids is 1. The number of carboxylic acid groups (broad SMARTS) is 1. The standard InChI is InChI=1S/C14H21N3O3/c1-9(2)11(8-13(18)19)16-10-5-6-15-12(7-10)14(20)17(3)4/h5-7,9,11H,8H2,1-4H3,(H,15,16)(H,18,19). The third kappa shape index (κ3) is 4.53. The second kappa shape index (κ2) is 6.88. The molecule has 0 bridgehead atoms. The zero-order chi connectivity index (χ0) is 15.3. The SMILES string of the molecule is CC(C)C(CC(=O)O)Nc1ccnc(C(=O)N(C)C)c1. The van der Waals surface area contributed by atoms with E-state index < -0.39 is 5.97 Å². The Bertz CT molecular complexity index is 486. The van der Waals surface area contributed by atoms with Gasteiger partial charge >= 0.3 is 5.97 Å². The number of hydrogen-bond donors (Lipinski definition) is 2. The van der Waals surface area contributed by atoms with E-state index in [1.165, 1.54) is 11.1 Å². The predicted molar refractivity (Wildman–Crippen MR) is 76.8 cm³/mol. The number of anilines is 1. The molecule has 0 aliphatic heterocycles. The smallest absolute Gasteiger partial charge is 0.305 e. The first kappa shape index (κ1) is 15.9. The molecule has 1 aromatic heterocycles. The van der Waals surface area contributed by atoms with Gasteiger partial charge in [0.05, 0.1) is 6.42 Å². The molecule has 1 heterocycles. The number of carboxylic acids is 1. The summed E-state index contributed by atoms with van der Waals surface area (Å²) in [6.07, 6.45) is 1.56. The maximum Gasteiger partial charge on any atom is 0.305 e. The van der Waals surface area contributed by atoms with Crippen molar-refractivity contribution in [2.75, 3.05) is 19.4 Å². The molecule has 1 amide bonds. The molecule has 2 N–H and O–H groups in total. The van der Waals surface area contributed by atoms with Crippen molar-refractivity contribution in [2.24, 2.45) is 5.92 Å². The van der Waals surface area contributed by atoms with Gasteiger partial charge in [-0.25, -0.2) is 0 Å². The molecule has 0 radical (unpaired) electrons. The average molecular weight is 279 g/mol. The van der Waals surface area contributed by atoms with Crippen LogP contribution in [0.1, 0.15) is 30.8 Å². The molecule has 0 aromatic carbocycles. The highest BCUT2D eigenvalue weighted by Crippen LogP contribution is 2.16. The summed E-state index contributed by atoms with van der Waals surface area (Å²) in [5.41, 5.74) is 1.03. The Kier molecular flexibility index (Phi) is 5.49. The van der Waals surface area contributed by atoms with Gasteiger partial charge in [0.25, 0.3) is 5.91 Å². The van der Waals surface area contributed by atoms with Crippen molar-refractivity contribution < 1.29 is 14.7 Å². The van der Waals surface area contributed by atoms with Crippen LogP contribution < -0.4 is 5.32 Å². The van der Waals surface area contributed by atoms with Crippen molar-refractivity contribution in [2.45, 2.75) is 26.3 Å². The number of rotatable bonds is 6. The second-order valence-corrected chi connectivity index (χ2v) is 5.22. The van der Waals surface area contributed by atoms with Gasteiger partial charge in [0.15, 0.2) is 0 Å². The predicted octanol–water partition coefficient (Wildman–Crippen LogP) is 1.69. The Hall–Kier alpha value is -2.11. The fourth-order valence-corrected chi connectivity index (χ4v) is 1.72. The van der Waals surface area contributed by atoms with Gasteiger partial charge < -0.3 is 15.3 Å². The summed E-state index contributed by atoms with van der Waals surface area (Å²) < 4.78 is 0. The highest BCUT2D eigenvalue weighted by molar-refractivity contribution is 5.92. The van der Waals surface area contributed by atoms with E-state index in [1.54, 1.807) is 26.2 Å². The van der Waals surface area contributed by atoms with Gasteiger partial charge in [-0.2, -0.15) is 0 Å². The highest BCUT2D eigenvalue weighted by atomic mass is 16.4. The van der Waals surface area contributed by atoms with Gasteiger partial charge in [-0.15, -0.1) is 0 Å². The van der Waals surface area contributed by atoms with Crippen LogP contribution in [0.4, 0.5) is 5.69 Å². The molecule has 110 valence electrons. The number of pyridine rings is 1. The molecule has 1 atom stereocenters. The van der Waals surface area contributed by atoms with Crippen molar-refractivity contribution in [3.05, 3.63) is 24.0 Å². The Morgan fingerprint density at radius 1 is 1.40 bits per heavy atom. The van der Waals surface area contributed by atoms with E-state index in [9.17, 15) is 9.59 Å². The average Bonchev–Trinajstić information content (AvgIpc) is 2.36. The lowest BCUT2D eigenvalue weighted by atomic mass is 10.0. The van der Waals surface area contributed by atoms with E-state index in [2.05, 4.69) is 10.3 Å². The van der Waals surface area contributed by atoms with Crippen molar-refractivity contribution in [1.29, 1.82) is 0 Å². The first-order valence-electron chi connectivity index (χ1n) is 6.47. The molecule has 0 aliphatic rings. The first-order valence-corrected chi connectivity index (χ1v) is 6.47. The van der Waals surface area contributed by atoms with Crippen LogP contribution >= 0.6 is 0 Å². The van der Waals surface area contributed by atoms with Crippen LogP contribution in [-0.2, 0) is 4.79 Å². The maximum atomic E-state index is 11.8. The molecule has 1 aromatic rings. The summed E-state index contributed by atoms with van der Waals surface area (Å²) in [6.45, 7) is 3.90. The molecule has 0 saturated heterocycles. The zero-order valence-corrected chi connectivity index (χ0v) is 12.3. The minimum absolute atomic E-state index is 0.0248. The monoisotopic (exact) mass is 279 g/mol. The molecule has 0 saturated carbocycles. The van der Waals surface area contributed by atoms with Gasteiger partial charge in [0.1, 0.15) is 5.69 Å². The molecule has 6 heteroatoms. The van der Waals surface area contributed by atoms with Crippen LogP contribution in [0.25, 0.3) is 0 Å². The van der Waals surface area contributed by atoms with E-state index in [4.69, 9.17) is 5.11 Å². The highest BCUT2D eigenvalue weighted by Gasteiger charge is 2.18. The van der Waals surface area contributed by atoms with E-state index >= 15 is 0 Å². The Labute approximate surface area is 118 Å². The Balaban J connectivity index is 2.88. The van der Waals surface area contributed by atoms with Gasteiger partial charge in [-0.1, -0.05) is 13.8 Å². The molecule has 6 nitrogen and oxygen atoms in total. The lowest BCUT2D eigenvalue weighted by molar-refractivity contribution is -0.137. The Morgan fingerprint density at radius 3 is 2.55 bits per heavy atom. The minimum Gasteiger partial charge on any atom is -0.481 e. The largest absolute Gasteiger partial charge is 0.481 e. The summed E-state index contributed by atoms with van der Waals surface area (Å²) in [5.74, 6) is -0.880. The third-order valence-electron chi connectivity index (χ3n) is 2.94. The fraction of sp³-hybridized carbons (Fsp3) is 0.500. The molecule has 0 aliphatic carbocycles. The lowest BCUT2D eigenvalue weighted by Gasteiger charge is -2.22.